The molecule has 1 aromatic heterocycles. The summed E-state index contributed by atoms with van der Waals surface area (Å²) in [5, 5.41) is 5.52. The smallest absolute Gasteiger partial charge is 0.264 e. The normalized spacial score (nSPS) is 11.7. The van der Waals surface area contributed by atoms with Gasteiger partial charge >= 0.3 is 0 Å². The molecule has 0 aliphatic carbocycles. The molecule has 1 heterocycles. The number of benzene rings is 1. The van der Waals surface area contributed by atoms with E-state index in [1.165, 1.54) is 6.92 Å². The number of hydrogen-bond acceptors (Lipinski definition) is 2. The summed E-state index contributed by atoms with van der Waals surface area (Å²) >= 11 is 0. The van der Waals surface area contributed by atoms with E-state index in [-0.39, 0.29) is 11.8 Å². The molecule has 1 aromatic carbocycles. The van der Waals surface area contributed by atoms with Crippen molar-refractivity contribution < 1.29 is 9.59 Å². The zero-order valence-corrected chi connectivity index (χ0v) is 12.2. The van der Waals surface area contributed by atoms with Crippen LogP contribution in [0.2, 0.25) is 0 Å². The van der Waals surface area contributed by atoms with Gasteiger partial charge in [0, 0.05) is 25.4 Å². The van der Waals surface area contributed by atoms with Gasteiger partial charge in [-0.3, -0.25) is 9.59 Å². The Hall–Kier alpha value is -2.56. The van der Waals surface area contributed by atoms with E-state index >= 15 is 0 Å². The predicted octanol–water partition coefficient (Wildman–Crippen LogP) is 1.75. The monoisotopic (exact) mass is 285 g/mol. The first-order chi connectivity index (χ1) is 10.1. The van der Waals surface area contributed by atoms with Crippen molar-refractivity contribution in [2.45, 2.75) is 26.6 Å². The van der Waals surface area contributed by atoms with Gasteiger partial charge in [0.05, 0.1) is 0 Å². The van der Waals surface area contributed by atoms with E-state index in [0.717, 1.165) is 11.3 Å². The number of hydrogen-bond donors (Lipinski definition) is 2. The summed E-state index contributed by atoms with van der Waals surface area (Å²) in [6, 6.07) is 13.4. The molecule has 0 aliphatic heterocycles. The Morgan fingerprint density at radius 1 is 1.14 bits per heavy atom. The lowest BCUT2D eigenvalue weighted by Crippen LogP contribution is -2.42. The first-order valence-electron chi connectivity index (χ1n) is 6.80. The van der Waals surface area contributed by atoms with E-state index < -0.39 is 6.17 Å². The number of aromatic nitrogens is 1. The Morgan fingerprint density at radius 3 is 2.43 bits per heavy atom. The molecule has 0 aliphatic rings. The lowest BCUT2D eigenvalue weighted by molar-refractivity contribution is -0.130. The van der Waals surface area contributed by atoms with E-state index in [2.05, 4.69) is 10.6 Å². The zero-order chi connectivity index (χ0) is 15.2. The summed E-state index contributed by atoms with van der Waals surface area (Å²) in [5.41, 5.74) is 1.92. The molecule has 0 saturated carbocycles. The van der Waals surface area contributed by atoms with Crippen LogP contribution < -0.4 is 10.6 Å². The summed E-state index contributed by atoms with van der Waals surface area (Å²) in [6.45, 7) is 3.71. The topological polar surface area (TPSA) is 63.1 Å². The van der Waals surface area contributed by atoms with Crippen LogP contribution in [0.3, 0.4) is 0 Å². The number of carbonyl (C=O) groups excluding carboxylic acids is 2. The highest BCUT2D eigenvalue weighted by Gasteiger charge is 2.21. The summed E-state index contributed by atoms with van der Waals surface area (Å²) < 4.78 is 1.74. The van der Waals surface area contributed by atoms with Crippen LogP contribution in [0.4, 0.5) is 0 Å². The summed E-state index contributed by atoms with van der Waals surface area (Å²) in [4.78, 5) is 23.7. The number of nitrogens with one attached hydrogen (secondary N) is 2. The van der Waals surface area contributed by atoms with E-state index in [1.54, 1.807) is 10.8 Å². The lowest BCUT2D eigenvalue weighted by atomic mass is 10.2. The first kappa shape index (κ1) is 14.8. The third-order valence-corrected chi connectivity index (χ3v) is 3.17. The second-order valence-corrected chi connectivity index (χ2v) is 4.86. The van der Waals surface area contributed by atoms with Crippen molar-refractivity contribution in [3.63, 3.8) is 0 Å². The average molecular weight is 285 g/mol. The molecule has 2 amide bonds. The SMILES string of the molecule is CC(=O)NC(C(=O)NCc1ccccc1)n1cccc1C. The molecule has 5 nitrogen and oxygen atoms in total. The Morgan fingerprint density at radius 2 is 1.86 bits per heavy atom. The van der Waals surface area contributed by atoms with E-state index in [1.807, 2.05) is 49.4 Å². The second kappa shape index (κ2) is 6.74. The number of carbonyl (C=O) groups is 2. The third kappa shape index (κ3) is 3.95. The number of rotatable bonds is 5. The molecule has 1 unspecified atom stereocenters. The molecule has 2 N–H and O–H groups in total. The minimum Gasteiger partial charge on any atom is -0.349 e. The van der Waals surface area contributed by atoms with Crippen LogP contribution in [0.1, 0.15) is 24.3 Å². The van der Waals surface area contributed by atoms with Crippen LogP contribution in [-0.4, -0.2) is 16.4 Å². The van der Waals surface area contributed by atoms with Crippen molar-refractivity contribution in [1.82, 2.24) is 15.2 Å². The molecule has 0 radical (unpaired) electrons. The zero-order valence-electron chi connectivity index (χ0n) is 12.2. The maximum atomic E-state index is 12.4. The van der Waals surface area contributed by atoms with Gasteiger partial charge in [0.2, 0.25) is 5.91 Å². The van der Waals surface area contributed by atoms with Crippen LogP contribution >= 0.6 is 0 Å². The van der Waals surface area contributed by atoms with Crippen molar-refractivity contribution in [3.05, 3.63) is 59.9 Å². The summed E-state index contributed by atoms with van der Waals surface area (Å²) in [7, 11) is 0. The minimum absolute atomic E-state index is 0.242. The highest BCUT2D eigenvalue weighted by molar-refractivity contribution is 5.85. The lowest BCUT2D eigenvalue weighted by Gasteiger charge is -2.21. The molecule has 2 aromatic rings. The molecule has 0 fully saturated rings. The Labute approximate surface area is 124 Å². The molecule has 0 bridgehead atoms. The van der Waals surface area contributed by atoms with Crippen LogP contribution in [0.25, 0.3) is 0 Å². The molecule has 21 heavy (non-hydrogen) atoms. The van der Waals surface area contributed by atoms with Crippen molar-refractivity contribution in [2.24, 2.45) is 0 Å². The van der Waals surface area contributed by atoms with Crippen LogP contribution in [-0.2, 0) is 16.1 Å². The van der Waals surface area contributed by atoms with Crippen molar-refractivity contribution >= 4 is 11.8 Å². The first-order valence-corrected chi connectivity index (χ1v) is 6.80. The highest BCUT2D eigenvalue weighted by atomic mass is 16.2. The minimum atomic E-state index is -0.735. The summed E-state index contributed by atoms with van der Waals surface area (Å²) in [5.74, 6) is -0.490. The van der Waals surface area contributed by atoms with Crippen molar-refractivity contribution in [3.8, 4) is 0 Å². The van der Waals surface area contributed by atoms with Gasteiger partial charge in [-0.2, -0.15) is 0 Å². The van der Waals surface area contributed by atoms with Gasteiger partial charge in [0.1, 0.15) is 0 Å². The fourth-order valence-electron chi connectivity index (χ4n) is 2.10. The Kier molecular flexibility index (Phi) is 4.77. The van der Waals surface area contributed by atoms with Crippen molar-refractivity contribution in [1.29, 1.82) is 0 Å². The molecule has 2 rings (SSSR count). The number of aryl methyl sites for hydroxylation is 1. The molecule has 1 atom stereocenters. The fraction of sp³-hybridized carbons (Fsp3) is 0.250. The highest BCUT2D eigenvalue weighted by Crippen LogP contribution is 2.09. The summed E-state index contributed by atoms with van der Waals surface area (Å²) in [6.07, 6.45) is 1.04. The van der Waals surface area contributed by atoms with E-state index in [4.69, 9.17) is 0 Å². The van der Waals surface area contributed by atoms with Gasteiger partial charge in [-0.05, 0) is 24.6 Å². The standard InChI is InChI=1S/C16H19N3O2/c1-12-7-6-10-19(12)15(18-13(2)20)16(21)17-11-14-8-4-3-5-9-14/h3-10,15H,11H2,1-2H3,(H,17,21)(H,18,20). The van der Waals surface area contributed by atoms with Crippen LogP contribution in [0.5, 0.6) is 0 Å². The second-order valence-electron chi connectivity index (χ2n) is 4.86. The Balaban J connectivity index is 2.08. The van der Waals surface area contributed by atoms with Gasteiger partial charge in [0.15, 0.2) is 6.17 Å². The van der Waals surface area contributed by atoms with E-state index in [9.17, 15) is 9.59 Å². The maximum absolute atomic E-state index is 12.4. The van der Waals surface area contributed by atoms with Crippen LogP contribution in [0, 0.1) is 6.92 Å². The largest absolute Gasteiger partial charge is 0.349 e. The van der Waals surface area contributed by atoms with Gasteiger partial charge in [-0.15, -0.1) is 0 Å². The maximum Gasteiger partial charge on any atom is 0.264 e. The molecular weight excluding hydrogens is 266 g/mol. The number of nitrogens with zero attached hydrogens (tertiary/aromatic N) is 1. The van der Waals surface area contributed by atoms with Gasteiger partial charge in [-0.1, -0.05) is 30.3 Å². The fourth-order valence-corrected chi connectivity index (χ4v) is 2.10. The molecule has 110 valence electrons. The van der Waals surface area contributed by atoms with Crippen molar-refractivity contribution in [2.75, 3.05) is 0 Å². The van der Waals surface area contributed by atoms with Gasteiger partial charge in [-0.25, -0.2) is 0 Å². The predicted molar refractivity (Wildman–Crippen MR) is 80.3 cm³/mol. The molecule has 5 heteroatoms. The average Bonchev–Trinajstić information content (AvgIpc) is 2.89. The third-order valence-electron chi connectivity index (χ3n) is 3.17. The van der Waals surface area contributed by atoms with Gasteiger partial charge < -0.3 is 15.2 Å². The molecular formula is C16H19N3O2. The van der Waals surface area contributed by atoms with Crippen LogP contribution in [0.15, 0.2) is 48.7 Å². The number of amides is 2. The quantitative estimate of drug-likeness (QED) is 0.879. The Bertz CT molecular complexity index is 619. The molecule has 0 spiro atoms. The van der Waals surface area contributed by atoms with E-state index in [0.29, 0.717) is 6.54 Å². The molecule has 0 saturated heterocycles. The van der Waals surface area contributed by atoms with Gasteiger partial charge in [0.25, 0.3) is 5.91 Å².